The third kappa shape index (κ3) is 33.7. The topological polar surface area (TPSA) is 132 Å². The highest BCUT2D eigenvalue weighted by Gasteiger charge is 2.36. The van der Waals surface area contributed by atoms with E-state index in [2.05, 4.69) is 79.1 Å². The second kappa shape index (κ2) is 34.0. The third-order valence-electron chi connectivity index (χ3n) is 8.62. The number of phosphoric ester groups is 1. The Morgan fingerprint density at radius 2 is 1.11 bits per heavy atom. The number of carbonyl (C=O) groups excluding carboxylic acids is 2. The van der Waals surface area contributed by atoms with Crippen LogP contribution >= 0.6 is 7.82 Å². The largest absolute Gasteiger partial charge is 0.469 e. The highest BCUT2D eigenvalue weighted by Crippen LogP contribution is 2.36. The van der Waals surface area contributed by atoms with Gasteiger partial charge < -0.3 is 24.0 Å². The molecule has 0 saturated carbocycles. The predicted octanol–water partition coefficient (Wildman–Crippen LogP) is 11.3. The van der Waals surface area contributed by atoms with Crippen LogP contribution in [-0.4, -0.2) is 53.3 Å². The molecule has 0 radical (unpaired) electrons. The van der Waals surface area contributed by atoms with Crippen molar-refractivity contribution in [3.63, 3.8) is 0 Å². The van der Waals surface area contributed by atoms with Gasteiger partial charge in [-0.15, -0.1) is 0 Å². The van der Waals surface area contributed by atoms with Crippen LogP contribution < -0.4 is 0 Å². The molecule has 53 heavy (non-hydrogen) atoms. The Balaban J connectivity index is 2.14. The maximum absolute atomic E-state index is 12.4. The van der Waals surface area contributed by atoms with Crippen LogP contribution in [0, 0.1) is 0 Å². The third-order valence-corrected chi connectivity index (χ3v) is 9.11. The van der Waals surface area contributed by atoms with E-state index in [1.165, 1.54) is 51.4 Å². The van der Waals surface area contributed by atoms with Crippen molar-refractivity contribution >= 4 is 19.8 Å². The van der Waals surface area contributed by atoms with E-state index in [0.717, 1.165) is 57.8 Å². The van der Waals surface area contributed by atoms with Gasteiger partial charge in [-0.3, -0.25) is 14.1 Å². The first-order valence-electron chi connectivity index (χ1n) is 20.4. The van der Waals surface area contributed by atoms with Crippen LogP contribution in [0.4, 0.5) is 0 Å². The van der Waals surface area contributed by atoms with Crippen LogP contribution in [0.25, 0.3) is 0 Å². The molecule has 1 aliphatic heterocycles. The van der Waals surface area contributed by atoms with Crippen molar-refractivity contribution in [3.8, 4) is 0 Å². The average molecular weight is 763 g/mol. The van der Waals surface area contributed by atoms with Crippen molar-refractivity contribution < 1.29 is 42.7 Å². The summed E-state index contributed by atoms with van der Waals surface area (Å²) in [4.78, 5) is 42.8. The summed E-state index contributed by atoms with van der Waals surface area (Å²) in [6.07, 6.45) is 46.6. The molecule has 0 aromatic carbocycles. The van der Waals surface area contributed by atoms with Crippen LogP contribution in [0.3, 0.4) is 0 Å². The van der Waals surface area contributed by atoms with Crippen LogP contribution in [0.1, 0.15) is 155 Å². The molecule has 10 heteroatoms. The summed E-state index contributed by atoms with van der Waals surface area (Å²) in [5.74, 6) is -0.987. The Hall–Kier alpha value is -2.55. The number of hydrogen-bond donors (Lipinski definition) is 2. The quantitative estimate of drug-likeness (QED) is 0.0213. The van der Waals surface area contributed by atoms with E-state index < -0.39 is 32.5 Å². The number of rotatable bonds is 35. The highest BCUT2D eigenvalue weighted by molar-refractivity contribution is 7.46. The Labute approximate surface area is 321 Å². The first-order valence-corrected chi connectivity index (χ1v) is 21.9. The molecule has 0 bridgehead atoms. The van der Waals surface area contributed by atoms with Gasteiger partial charge in [-0.2, -0.15) is 0 Å². The summed E-state index contributed by atoms with van der Waals surface area (Å²) >= 11 is 0. The van der Waals surface area contributed by atoms with Crippen molar-refractivity contribution in [2.45, 2.75) is 173 Å². The Morgan fingerprint density at radius 1 is 0.604 bits per heavy atom. The zero-order valence-electron chi connectivity index (χ0n) is 32.8. The summed E-state index contributed by atoms with van der Waals surface area (Å²) < 4.78 is 32.0. The van der Waals surface area contributed by atoms with Gasteiger partial charge in [-0.1, -0.05) is 132 Å². The van der Waals surface area contributed by atoms with Crippen LogP contribution in [0.5, 0.6) is 0 Å². The summed E-state index contributed by atoms with van der Waals surface area (Å²) in [6, 6.07) is 0. The molecule has 9 nitrogen and oxygen atoms in total. The predicted molar refractivity (Wildman–Crippen MR) is 215 cm³/mol. The minimum atomic E-state index is -4.78. The minimum absolute atomic E-state index is 0.123. The van der Waals surface area contributed by atoms with Gasteiger partial charge in [-0.25, -0.2) is 4.57 Å². The molecule has 0 spiro atoms. The SMILES string of the molecule is CCCCC/C=C\C/C=C\C/C=C\CCCCCCC(=O)OC[C@H](COP(=O)(O)O)OC(=O)CCC/C=C\C/C=C\C/C=C\CC1OC1CCCCC. The van der Waals surface area contributed by atoms with Gasteiger partial charge in [0.25, 0.3) is 0 Å². The van der Waals surface area contributed by atoms with Crippen LogP contribution in [0.2, 0.25) is 0 Å². The maximum atomic E-state index is 12.4. The normalized spacial score (nSPS) is 17.1. The van der Waals surface area contributed by atoms with Crippen LogP contribution in [0.15, 0.2) is 72.9 Å². The molecule has 302 valence electrons. The van der Waals surface area contributed by atoms with Crippen molar-refractivity contribution in [2.24, 2.45) is 0 Å². The molecule has 1 aliphatic rings. The standard InChI is InChI=1S/C43H71O9P/c1-3-5-7-8-9-10-11-12-13-14-15-16-17-21-24-27-31-35-42(44)49-37-39(38-50-53(46,47)48)51-43(45)36-32-28-25-22-19-18-20-23-26-30-34-41-40(52-41)33-29-6-4-2/h9-10,12-13,15-16,18,20,22,25-26,30,39-41H,3-8,11,14,17,19,21,23-24,27-29,31-38H2,1-2H3,(H2,46,47,48)/b10-9-,13-12-,16-15-,20-18-,25-22-,30-26-/t39-,40?,41?/m1/s1. The van der Waals surface area contributed by atoms with Crippen molar-refractivity contribution in [3.05, 3.63) is 72.9 Å². The highest BCUT2D eigenvalue weighted by atomic mass is 31.2. The Bertz CT molecular complexity index is 1150. The van der Waals surface area contributed by atoms with E-state index in [1.807, 2.05) is 12.2 Å². The number of epoxide rings is 1. The van der Waals surface area contributed by atoms with E-state index in [0.29, 0.717) is 31.5 Å². The number of hydrogen-bond acceptors (Lipinski definition) is 7. The smallest absolute Gasteiger partial charge is 0.462 e. The van der Waals surface area contributed by atoms with Crippen molar-refractivity contribution in [2.75, 3.05) is 13.2 Å². The maximum Gasteiger partial charge on any atom is 0.469 e. The lowest BCUT2D eigenvalue weighted by molar-refractivity contribution is -0.161. The molecular weight excluding hydrogens is 691 g/mol. The summed E-state index contributed by atoms with van der Waals surface area (Å²) in [7, 11) is -4.78. The number of phosphoric acid groups is 1. The number of allylic oxidation sites excluding steroid dienone is 11. The van der Waals surface area contributed by atoms with Gasteiger partial charge in [0.15, 0.2) is 6.10 Å². The average Bonchev–Trinajstić information content (AvgIpc) is 3.88. The second-order valence-electron chi connectivity index (χ2n) is 13.6. The van der Waals surface area contributed by atoms with Gasteiger partial charge in [-0.05, 0) is 83.5 Å². The molecule has 0 aliphatic carbocycles. The summed E-state index contributed by atoms with van der Waals surface area (Å²) in [5, 5.41) is 0. The van der Waals surface area contributed by atoms with E-state index in [9.17, 15) is 14.2 Å². The second-order valence-corrected chi connectivity index (χ2v) is 14.9. The molecule has 3 atom stereocenters. The van der Waals surface area contributed by atoms with Crippen LogP contribution in [-0.2, 0) is 32.9 Å². The van der Waals surface area contributed by atoms with E-state index in [1.54, 1.807) is 0 Å². The minimum Gasteiger partial charge on any atom is -0.462 e. The molecule has 2 unspecified atom stereocenters. The molecule has 1 rings (SSSR count). The molecule has 1 fully saturated rings. The number of carbonyl (C=O) groups is 2. The molecule has 0 aromatic rings. The Morgan fingerprint density at radius 3 is 1.72 bits per heavy atom. The Kier molecular flexibility index (Phi) is 31.1. The molecule has 1 heterocycles. The molecule has 1 saturated heterocycles. The lowest BCUT2D eigenvalue weighted by Crippen LogP contribution is -2.29. The lowest BCUT2D eigenvalue weighted by atomic mass is 10.1. The van der Waals surface area contributed by atoms with Gasteiger partial charge in [0.05, 0.1) is 18.8 Å². The first kappa shape index (κ1) is 48.5. The van der Waals surface area contributed by atoms with E-state index >= 15 is 0 Å². The van der Waals surface area contributed by atoms with Crippen molar-refractivity contribution in [1.82, 2.24) is 0 Å². The van der Waals surface area contributed by atoms with E-state index in [-0.39, 0.29) is 19.4 Å². The number of unbranched alkanes of at least 4 members (excludes halogenated alkanes) is 10. The molecule has 0 amide bonds. The monoisotopic (exact) mass is 762 g/mol. The number of esters is 2. The zero-order valence-corrected chi connectivity index (χ0v) is 33.7. The van der Waals surface area contributed by atoms with Gasteiger partial charge in [0, 0.05) is 12.8 Å². The molecule has 2 N–H and O–H groups in total. The summed E-state index contributed by atoms with van der Waals surface area (Å²) in [5.41, 5.74) is 0. The van der Waals surface area contributed by atoms with Gasteiger partial charge in [0.1, 0.15) is 6.61 Å². The fourth-order valence-electron chi connectivity index (χ4n) is 5.46. The lowest BCUT2D eigenvalue weighted by Gasteiger charge is -2.18. The van der Waals surface area contributed by atoms with Gasteiger partial charge in [0.2, 0.25) is 0 Å². The zero-order chi connectivity index (χ0) is 38.7. The molecule has 0 aromatic heterocycles. The fourth-order valence-corrected chi connectivity index (χ4v) is 5.83. The fraction of sp³-hybridized carbons (Fsp3) is 0.674. The van der Waals surface area contributed by atoms with Crippen molar-refractivity contribution in [1.29, 1.82) is 0 Å². The number of ether oxygens (including phenoxy) is 3. The van der Waals surface area contributed by atoms with Gasteiger partial charge >= 0.3 is 19.8 Å². The first-order chi connectivity index (χ1) is 25.7. The molecular formula is C43H71O9P. The summed E-state index contributed by atoms with van der Waals surface area (Å²) in [6.45, 7) is 3.54. The van der Waals surface area contributed by atoms with E-state index in [4.69, 9.17) is 24.0 Å².